The van der Waals surface area contributed by atoms with Gasteiger partial charge in [-0.2, -0.15) is 5.10 Å². The summed E-state index contributed by atoms with van der Waals surface area (Å²) in [4.78, 5) is 15.6. The molecular weight excluding hydrogens is 256 g/mol. The van der Waals surface area contributed by atoms with E-state index in [0.29, 0.717) is 12.4 Å². The molecule has 0 aliphatic rings. The number of nitrogens with one attached hydrogen (secondary N) is 1. The van der Waals surface area contributed by atoms with Gasteiger partial charge in [0.1, 0.15) is 17.9 Å². The maximum Gasteiger partial charge on any atom is 0.235 e. The molecule has 1 N–H and O–H groups in total. The minimum atomic E-state index is -3.31. The number of aromatic nitrogens is 3. The van der Waals surface area contributed by atoms with Crippen molar-refractivity contribution < 1.29 is 13.2 Å². The number of sulfone groups is 1. The number of carbonyl (C=O) groups excluding carboxylic acids is 1. The summed E-state index contributed by atoms with van der Waals surface area (Å²) in [7, 11) is -3.31. The molecule has 0 saturated carbocycles. The van der Waals surface area contributed by atoms with Crippen LogP contribution in [-0.4, -0.2) is 41.1 Å². The van der Waals surface area contributed by atoms with Crippen LogP contribution in [0, 0.1) is 0 Å². The van der Waals surface area contributed by atoms with Crippen molar-refractivity contribution in [1.29, 1.82) is 0 Å². The highest BCUT2D eigenvalue weighted by Crippen LogP contribution is 2.08. The Morgan fingerprint density at radius 3 is 2.78 bits per heavy atom. The molecule has 102 valence electrons. The van der Waals surface area contributed by atoms with E-state index in [9.17, 15) is 13.2 Å². The summed E-state index contributed by atoms with van der Waals surface area (Å²) in [5.74, 6) is -0.422. The van der Waals surface area contributed by atoms with Crippen molar-refractivity contribution in [2.75, 3.05) is 12.0 Å². The zero-order valence-corrected chi connectivity index (χ0v) is 11.6. The molecule has 0 saturated heterocycles. The van der Waals surface area contributed by atoms with Crippen molar-refractivity contribution in [1.82, 2.24) is 20.1 Å². The van der Waals surface area contributed by atoms with E-state index in [1.54, 1.807) is 11.6 Å². The third kappa shape index (κ3) is 4.44. The van der Waals surface area contributed by atoms with E-state index >= 15 is 0 Å². The summed E-state index contributed by atoms with van der Waals surface area (Å²) in [6.45, 7) is 4.47. The van der Waals surface area contributed by atoms with E-state index in [0.717, 1.165) is 12.7 Å². The van der Waals surface area contributed by atoms with Gasteiger partial charge in [-0.3, -0.25) is 4.79 Å². The van der Waals surface area contributed by atoms with Crippen LogP contribution in [0.3, 0.4) is 0 Å². The summed E-state index contributed by atoms with van der Waals surface area (Å²) in [6, 6.07) is -0.367. The number of hydrogen-bond donors (Lipinski definition) is 1. The topological polar surface area (TPSA) is 93.9 Å². The number of amides is 1. The molecular formula is C10H18N4O3S. The number of rotatable bonds is 6. The van der Waals surface area contributed by atoms with Crippen molar-refractivity contribution >= 4 is 15.7 Å². The molecule has 0 aromatic carbocycles. The van der Waals surface area contributed by atoms with Gasteiger partial charge in [-0.05, 0) is 13.3 Å². The summed E-state index contributed by atoms with van der Waals surface area (Å²) in [5.41, 5.74) is 0. The van der Waals surface area contributed by atoms with E-state index in [2.05, 4.69) is 15.4 Å². The molecule has 0 fully saturated rings. The monoisotopic (exact) mass is 274 g/mol. The number of carbonyl (C=O) groups is 1. The van der Waals surface area contributed by atoms with Crippen molar-refractivity contribution in [2.24, 2.45) is 0 Å². The van der Waals surface area contributed by atoms with E-state index in [1.807, 2.05) is 6.92 Å². The van der Waals surface area contributed by atoms with Gasteiger partial charge in [-0.25, -0.2) is 18.1 Å². The highest BCUT2D eigenvalue weighted by Gasteiger charge is 2.17. The van der Waals surface area contributed by atoms with Gasteiger partial charge in [0.25, 0.3) is 0 Å². The van der Waals surface area contributed by atoms with Gasteiger partial charge in [-0.1, -0.05) is 6.92 Å². The van der Waals surface area contributed by atoms with Gasteiger partial charge >= 0.3 is 0 Å². The first-order valence-electron chi connectivity index (χ1n) is 5.68. The predicted octanol–water partition coefficient (Wildman–Crippen LogP) is -0.0901. The second kappa shape index (κ2) is 5.94. The maximum atomic E-state index is 11.5. The second-order valence-corrected chi connectivity index (χ2v) is 6.34. The number of aryl methyl sites for hydroxylation is 1. The third-order valence-corrected chi connectivity index (χ3v) is 3.03. The molecule has 7 nitrogen and oxygen atoms in total. The van der Waals surface area contributed by atoms with Crippen LogP contribution in [0.5, 0.6) is 0 Å². The number of nitrogens with zero attached hydrogens (tertiary/aromatic N) is 3. The fraction of sp³-hybridized carbons (Fsp3) is 0.700. The van der Waals surface area contributed by atoms with Crippen molar-refractivity contribution in [3.63, 3.8) is 0 Å². The van der Waals surface area contributed by atoms with Crippen LogP contribution in [-0.2, 0) is 21.2 Å². The van der Waals surface area contributed by atoms with Gasteiger partial charge in [0.05, 0.1) is 6.04 Å². The van der Waals surface area contributed by atoms with Gasteiger partial charge in [0.2, 0.25) is 5.91 Å². The van der Waals surface area contributed by atoms with Crippen LogP contribution in [0.1, 0.15) is 32.1 Å². The van der Waals surface area contributed by atoms with Crippen molar-refractivity contribution in [3.8, 4) is 0 Å². The first kappa shape index (κ1) is 14.6. The molecule has 1 heterocycles. The molecule has 0 unspecified atom stereocenters. The molecule has 18 heavy (non-hydrogen) atoms. The van der Waals surface area contributed by atoms with Gasteiger partial charge in [0.15, 0.2) is 9.84 Å². The Balaban J connectivity index is 2.67. The quantitative estimate of drug-likeness (QED) is 0.782. The first-order valence-corrected chi connectivity index (χ1v) is 7.74. The van der Waals surface area contributed by atoms with E-state index in [-0.39, 0.29) is 6.04 Å². The molecule has 8 heteroatoms. The zero-order chi connectivity index (χ0) is 13.8. The van der Waals surface area contributed by atoms with E-state index in [4.69, 9.17) is 0 Å². The molecule has 1 rings (SSSR count). The molecule has 1 aromatic heterocycles. The average molecular weight is 274 g/mol. The van der Waals surface area contributed by atoms with Gasteiger partial charge in [0, 0.05) is 12.8 Å². The summed E-state index contributed by atoms with van der Waals surface area (Å²) in [5, 5.41) is 6.64. The van der Waals surface area contributed by atoms with Crippen LogP contribution < -0.4 is 5.32 Å². The molecule has 1 atom stereocenters. The molecule has 0 bridgehead atoms. The molecule has 0 aliphatic carbocycles. The fourth-order valence-electron chi connectivity index (χ4n) is 1.58. The molecule has 0 spiro atoms. The Labute approximate surface area is 107 Å². The summed E-state index contributed by atoms with van der Waals surface area (Å²) in [6.07, 6.45) is 3.35. The minimum absolute atomic E-state index is 0.367. The van der Waals surface area contributed by atoms with Crippen LogP contribution in [0.2, 0.25) is 0 Å². The lowest BCUT2D eigenvalue weighted by Crippen LogP contribution is -2.33. The van der Waals surface area contributed by atoms with Gasteiger partial charge < -0.3 is 5.32 Å². The molecule has 0 radical (unpaired) electrons. The Hall–Kier alpha value is -1.44. The Morgan fingerprint density at radius 1 is 1.56 bits per heavy atom. The lowest BCUT2D eigenvalue weighted by atomic mass is 10.3. The minimum Gasteiger partial charge on any atom is -0.345 e. The smallest absolute Gasteiger partial charge is 0.235 e. The maximum absolute atomic E-state index is 11.5. The second-order valence-electron chi connectivity index (χ2n) is 4.20. The highest BCUT2D eigenvalue weighted by atomic mass is 32.2. The average Bonchev–Trinajstić information content (AvgIpc) is 2.63. The summed E-state index contributed by atoms with van der Waals surface area (Å²) >= 11 is 0. The lowest BCUT2D eigenvalue weighted by molar-refractivity contribution is -0.119. The molecule has 1 aromatic rings. The number of hydrogen-bond acceptors (Lipinski definition) is 5. The standard InChI is InChI=1S/C10H18N4O3S/c1-4-5-14-10(11-7-12-14)8(2)13-9(15)6-18(3,16)17/h7-8H,4-6H2,1-3H3,(H,13,15)/t8-/m1/s1. The third-order valence-electron chi connectivity index (χ3n) is 2.24. The van der Waals surface area contributed by atoms with Crippen LogP contribution in [0.4, 0.5) is 0 Å². The predicted molar refractivity (Wildman–Crippen MR) is 66.6 cm³/mol. The first-order chi connectivity index (χ1) is 8.33. The summed E-state index contributed by atoms with van der Waals surface area (Å²) < 4.78 is 23.7. The molecule has 0 aliphatic heterocycles. The SMILES string of the molecule is CCCn1ncnc1[C@@H](C)NC(=O)CS(C)(=O)=O. The van der Waals surface area contributed by atoms with E-state index in [1.165, 1.54) is 6.33 Å². The van der Waals surface area contributed by atoms with E-state index < -0.39 is 21.5 Å². The van der Waals surface area contributed by atoms with Crippen molar-refractivity contribution in [2.45, 2.75) is 32.9 Å². The lowest BCUT2D eigenvalue weighted by Gasteiger charge is -2.13. The molecule has 1 amide bonds. The Morgan fingerprint density at radius 2 is 2.22 bits per heavy atom. The Kier molecular flexibility index (Phi) is 4.83. The fourth-order valence-corrected chi connectivity index (χ4v) is 2.14. The van der Waals surface area contributed by atoms with Gasteiger partial charge in [-0.15, -0.1) is 0 Å². The zero-order valence-electron chi connectivity index (χ0n) is 10.8. The highest BCUT2D eigenvalue weighted by molar-refractivity contribution is 7.91. The normalized spacial score (nSPS) is 13.3. The Bertz CT molecular complexity index is 509. The van der Waals surface area contributed by atoms with Crippen LogP contribution >= 0.6 is 0 Å². The van der Waals surface area contributed by atoms with Crippen LogP contribution in [0.25, 0.3) is 0 Å². The van der Waals surface area contributed by atoms with Crippen LogP contribution in [0.15, 0.2) is 6.33 Å². The van der Waals surface area contributed by atoms with Crippen molar-refractivity contribution in [3.05, 3.63) is 12.2 Å². The largest absolute Gasteiger partial charge is 0.345 e.